The molecule has 1 aliphatic heterocycles. The van der Waals surface area contributed by atoms with Crippen LogP contribution in [0.15, 0.2) is 41.0 Å². The summed E-state index contributed by atoms with van der Waals surface area (Å²) in [5, 5.41) is 0. The van der Waals surface area contributed by atoms with Crippen LogP contribution < -0.4 is 0 Å². The average Bonchev–Trinajstić information content (AvgIpc) is 2.64. The summed E-state index contributed by atoms with van der Waals surface area (Å²) in [6, 6.07) is 9.81. The van der Waals surface area contributed by atoms with Crippen molar-refractivity contribution < 1.29 is 4.79 Å². The van der Waals surface area contributed by atoms with Crippen molar-refractivity contribution in [2.75, 3.05) is 6.54 Å². The first-order valence-electron chi connectivity index (χ1n) is 6.36. The largest absolute Gasteiger partial charge is 0.295 e. The Labute approximate surface area is 108 Å². The molecule has 0 unspecified atom stereocenters. The van der Waals surface area contributed by atoms with E-state index in [0.29, 0.717) is 5.70 Å². The molecule has 1 aromatic rings. The molecule has 94 valence electrons. The summed E-state index contributed by atoms with van der Waals surface area (Å²) in [7, 11) is 0. The highest BCUT2D eigenvalue weighted by atomic mass is 16.2. The van der Waals surface area contributed by atoms with Gasteiger partial charge in [0.1, 0.15) is 11.5 Å². The fourth-order valence-electron chi connectivity index (χ4n) is 1.95. The maximum absolute atomic E-state index is 12.2. The van der Waals surface area contributed by atoms with Gasteiger partial charge < -0.3 is 0 Å². The van der Waals surface area contributed by atoms with Gasteiger partial charge in [0.05, 0.1) is 0 Å². The third-order valence-corrected chi connectivity index (χ3v) is 2.98. The molecule has 3 nitrogen and oxygen atoms in total. The van der Waals surface area contributed by atoms with Gasteiger partial charge in [-0.05, 0) is 25.0 Å². The van der Waals surface area contributed by atoms with Gasteiger partial charge in [-0.25, -0.2) is 4.99 Å². The highest BCUT2D eigenvalue weighted by molar-refractivity contribution is 6.13. The average molecular weight is 242 g/mol. The number of aliphatic imine (C=N–C) groups is 1. The van der Waals surface area contributed by atoms with E-state index in [1.165, 1.54) is 0 Å². The minimum absolute atomic E-state index is 0.0183. The van der Waals surface area contributed by atoms with Crippen molar-refractivity contribution in [1.82, 2.24) is 4.90 Å². The van der Waals surface area contributed by atoms with E-state index < -0.39 is 0 Å². The van der Waals surface area contributed by atoms with E-state index in [1.807, 2.05) is 43.3 Å². The molecule has 2 rings (SSSR count). The SMILES string of the molecule is CCCCN1C(=O)/C(=C\c2ccccc2)N=C1C. The lowest BCUT2D eigenvalue weighted by Crippen LogP contribution is -2.31. The summed E-state index contributed by atoms with van der Waals surface area (Å²) < 4.78 is 0. The Bertz CT molecular complexity index is 488. The van der Waals surface area contributed by atoms with E-state index in [4.69, 9.17) is 0 Å². The van der Waals surface area contributed by atoms with E-state index in [9.17, 15) is 4.79 Å². The molecule has 0 fully saturated rings. The van der Waals surface area contributed by atoms with Crippen molar-refractivity contribution in [2.24, 2.45) is 4.99 Å². The molecule has 0 spiro atoms. The van der Waals surface area contributed by atoms with Crippen LogP contribution in [0.1, 0.15) is 32.3 Å². The highest BCUT2D eigenvalue weighted by Crippen LogP contribution is 2.18. The number of nitrogens with zero attached hydrogens (tertiary/aromatic N) is 2. The highest BCUT2D eigenvalue weighted by Gasteiger charge is 2.26. The molecular formula is C15H18N2O. The number of carbonyl (C=O) groups excluding carboxylic acids is 1. The summed E-state index contributed by atoms with van der Waals surface area (Å²) in [6.07, 6.45) is 3.93. The second kappa shape index (κ2) is 5.63. The van der Waals surface area contributed by atoms with Gasteiger partial charge >= 0.3 is 0 Å². The zero-order chi connectivity index (χ0) is 13.0. The third kappa shape index (κ3) is 2.67. The summed E-state index contributed by atoms with van der Waals surface area (Å²) in [6.45, 7) is 4.77. The van der Waals surface area contributed by atoms with Gasteiger partial charge in [0, 0.05) is 6.54 Å². The van der Waals surface area contributed by atoms with Crippen molar-refractivity contribution in [3.8, 4) is 0 Å². The molecule has 0 saturated heterocycles. The fourth-order valence-corrected chi connectivity index (χ4v) is 1.95. The maximum Gasteiger partial charge on any atom is 0.277 e. The van der Waals surface area contributed by atoms with Crippen LogP contribution in [0.4, 0.5) is 0 Å². The number of unbranched alkanes of at least 4 members (excludes halogenated alkanes) is 1. The van der Waals surface area contributed by atoms with E-state index in [0.717, 1.165) is 30.8 Å². The van der Waals surface area contributed by atoms with E-state index in [2.05, 4.69) is 11.9 Å². The second-order valence-corrected chi connectivity index (χ2v) is 4.41. The van der Waals surface area contributed by atoms with Crippen molar-refractivity contribution in [3.63, 3.8) is 0 Å². The zero-order valence-corrected chi connectivity index (χ0v) is 10.9. The molecule has 0 aromatic heterocycles. The van der Waals surface area contributed by atoms with Gasteiger partial charge in [-0.3, -0.25) is 9.69 Å². The maximum atomic E-state index is 12.2. The quantitative estimate of drug-likeness (QED) is 0.747. The third-order valence-electron chi connectivity index (χ3n) is 2.98. The monoisotopic (exact) mass is 242 g/mol. The summed E-state index contributed by atoms with van der Waals surface area (Å²) in [5.41, 5.74) is 1.55. The van der Waals surface area contributed by atoms with Gasteiger partial charge in [-0.2, -0.15) is 0 Å². The minimum atomic E-state index is 0.0183. The van der Waals surface area contributed by atoms with Crippen LogP contribution in [0.5, 0.6) is 0 Å². The molecule has 1 heterocycles. The molecule has 0 bridgehead atoms. The Morgan fingerprint density at radius 1 is 1.28 bits per heavy atom. The zero-order valence-electron chi connectivity index (χ0n) is 10.9. The lowest BCUT2D eigenvalue weighted by molar-refractivity contribution is -0.122. The van der Waals surface area contributed by atoms with Gasteiger partial charge in [-0.1, -0.05) is 43.7 Å². The van der Waals surface area contributed by atoms with Gasteiger partial charge in [0.15, 0.2) is 0 Å². The number of rotatable bonds is 4. The smallest absolute Gasteiger partial charge is 0.277 e. The van der Waals surface area contributed by atoms with Gasteiger partial charge in [0.25, 0.3) is 5.91 Å². The van der Waals surface area contributed by atoms with Gasteiger partial charge in [0.2, 0.25) is 0 Å². The molecule has 0 radical (unpaired) electrons. The summed E-state index contributed by atoms with van der Waals surface area (Å²) in [5.74, 6) is 0.820. The molecular weight excluding hydrogens is 224 g/mol. The van der Waals surface area contributed by atoms with Crippen LogP contribution in [0.25, 0.3) is 6.08 Å². The minimum Gasteiger partial charge on any atom is -0.295 e. The lowest BCUT2D eigenvalue weighted by Gasteiger charge is -2.14. The Balaban J connectivity index is 2.18. The predicted molar refractivity (Wildman–Crippen MR) is 74.1 cm³/mol. The topological polar surface area (TPSA) is 32.7 Å². The molecule has 1 aromatic carbocycles. The van der Waals surface area contributed by atoms with E-state index >= 15 is 0 Å². The van der Waals surface area contributed by atoms with E-state index in [1.54, 1.807) is 4.90 Å². The molecule has 1 aliphatic rings. The van der Waals surface area contributed by atoms with Crippen LogP contribution in [0.3, 0.4) is 0 Å². The molecule has 18 heavy (non-hydrogen) atoms. The summed E-state index contributed by atoms with van der Waals surface area (Å²) >= 11 is 0. The molecule has 3 heteroatoms. The summed E-state index contributed by atoms with van der Waals surface area (Å²) in [4.78, 5) is 18.3. The number of hydrogen-bond donors (Lipinski definition) is 0. The molecule has 1 amide bonds. The van der Waals surface area contributed by atoms with Crippen LogP contribution in [-0.2, 0) is 4.79 Å². The van der Waals surface area contributed by atoms with Crippen LogP contribution in [-0.4, -0.2) is 23.2 Å². The molecule has 0 saturated carbocycles. The number of hydrogen-bond acceptors (Lipinski definition) is 2. The predicted octanol–water partition coefficient (Wildman–Crippen LogP) is 3.09. The second-order valence-electron chi connectivity index (χ2n) is 4.41. The Morgan fingerprint density at radius 2 is 2.00 bits per heavy atom. The molecule has 0 atom stereocenters. The van der Waals surface area contributed by atoms with Crippen molar-refractivity contribution in [2.45, 2.75) is 26.7 Å². The van der Waals surface area contributed by atoms with Crippen molar-refractivity contribution >= 4 is 17.8 Å². The standard InChI is InChI=1S/C15H18N2O/c1-3-4-10-17-12(2)16-14(15(17)18)11-13-8-6-5-7-9-13/h5-9,11H,3-4,10H2,1-2H3/b14-11+. The first-order valence-corrected chi connectivity index (χ1v) is 6.36. The van der Waals surface area contributed by atoms with Crippen LogP contribution in [0, 0.1) is 0 Å². The van der Waals surface area contributed by atoms with Crippen LogP contribution >= 0.6 is 0 Å². The lowest BCUT2D eigenvalue weighted by atomic mass is 10.2. The first kappa shape index (κ1) is 12.6. The fraction of sp³-hybridized carbons (Fsp3) is 0.333. The van der Waals surface area contributed by atoms with Gasteiger partial charge in [-0.15, -0.1) is 0 Å². The number of benzene rings is 1. The molecule has 0 N–H and O–H groups in total. The van der Waals surface area contributed by atoms with Crippen LogP contribution in [0.2, 0.25) is 0 Å². The Hall–Kier alpha value is -1.90. The number of amidine groups is 1. The Kier molecular flexibility index (Phi) is 3.92. The Morgan fingerprint density at radius 3 is 2.67 bits per heavy atom. The molecule has 0 aliphatic carbocycles. The number of carbonyl (C=O) groups is 1. The van der Waals surface area contributed by atoms with Crippen molar-refractivity contribution in [1.29, 1.82) is 0 Å². The van der Waals surface area contributed by atoms with Crippen molar-refractivity contribution in [3.05, 3.63) is 41.6 Å². The van der Waals surface area contributed by atoms with E-state index in [-0.39, 0.29) is 5.91 Å². The first-order chi connectivity index (χ1) is 8.72. The normalized spacial score (nSPS) is 17.4. The number of amides is 1.